The summed E-state index contributed by atoms with van der Waals surface area (Å²) in [6, 6.07) is 3.70. The number of rotatable bonds is 3. The van der Waals surface area contributed by atoms with Gasteiger partial charge in [0.2, 0.25) is 0 Å². The summed E-state index contributed by atoms with van der Waals surface area (Å²) in [4.78, 5) is 13.5. The highest BCUT2D eigenvalue weighted by molar-refractivity contribution is 5.71. The van der Waals surface area contributed by atoms with Gasteiger partial charge in [0.05, 0.1) is 12.0 Å². The van der Waals surface area contributed by atoms with Crippen molar-refractivity contribution in [3.63, 3.8) is 0 Å². The zero-order valence-corrected chi connectivity index (χ0v) is 10.3. The van der Waals surface area contributed by atoms with Crippen molar-refractivity contribution in [2.45, 2.75) is 32.7 Å². The summed E-state index contributed by atoms with van der Waals surface area (Å²) in [5.74, 6) is 0.554. The molecule has 2 heterocycles. The Labute approximate surface area is 101 Å². The van der Waals surface area contributed by atoms with Crippen molar-refractivity contribution in [2.24, 2.45) is 5.92 Å². The molecule has 94 valence electrons. The van der Waals surface area contributed by atoms with Crippen molar-refractivity contribution in [1.82, 2.24) is 4.90 Å². The first kappa shape index (κ1) is 12.2. The SMILES string of the molecule is CCN1CCC[C@H](C(=O)O)[C@H]1c1ccc(C)o1. The zero-order chi connectivity index (χ0) is 12.4. The molecule has 2 atom stereocenters. The second-order valence-corrected chi connectivity index (χ2v) is 4.61. The topological polar surface area (TPSA) is 53.7 Å². The van der Waals surface area contributed by atoms with E-state index in [0.717, 1.165) is 37.5 Å². The molecule has 0 unspecified atom stereocenters. The largest absolute Gasteiger partial charge is 0.481 e. The first-order chi connectivity index (χ1) is 8.13. The van der Waals surface area contributed by atoms with Crippen molar-refractivity contribution in [3.8, 4) is 0 Å². The molecule has 1 saturated heterocycles. The third-order valence-electron chi connectivity index (χ3n) is 3.51. The number of furan rings is 1. The molecule has 1 aromatic heterocycles. The fraction of sp³-hybridized carbons (Fsp3) is 0.615. The molecule has 4 heteroatoms. The zero-order valence-electron chi connectivity index (χ0n) is 10.3. The number of carboxylic acids is 1. The van der Waals surface area contributed by atoms with Crippen molar-refractivity contribution < 1.29 is 14.3 Å². The van der Waals surface area contributed by atoms with Crippen LogP contribution < -0.4 is 0 Å². The molecule has 0 aliphatic carbocycles. The van der Waals surface area contributed by atoms with Crippen LogP contribution in [0.5, 0.6) is 0 Å². The van der Waals surface area contributed by atoms with E-state index in [1.54, 1.807) is 0 Å². The number of hydrogen-bond donors (Lipinski definition) is 1. The molecule has 17 heavy (non-hydrogen) atoms. The van der Waals surface area contributed by atoms with Crippen LogP contribution in [0.25, 0.3) is 0 Å². The molecule has 1 N–H and O–H groups in total. The number of piperidine rings is 1. The Morgan fingerprint density at radius 3 is 2.88 bits per heavy atom. The van der Waals surface area contributed by atoms with Crippen LogP contribution in [0.3, 0.4) is 0 Å². The average molecular weight is 237 g/mol. The molecule has 1 aliphatic rings. The van der Waals surface area contributed by atoms with Crippen LogP contribution in [0.4, 0.5) is 0 Å². The van der Waals surface area contributed by atoms with Gasteiger partial charge < -0.3 is 9.52 Å². The summed E-state index contributed by atoms with van der Waals surface area (Å²) in [6.07, 6.45) is 1.68. The van der Waals surface area contributed by atoms with Crippen LogP contribution in [-0.2, 0) is 4.79 Å². The van der Waals surface area contributed by atoms with Crippen molar-refractivity contribution >= 4 is 5.97 Å². The molecule has 0 spiro atoms. The summed E-state index contributed by atoms with van der Waals surface area (Å²) in [5.41, 5.74) is 0. The smallest absolute Gasteiger partial charge is 0.308 e. The molecule has 0 amide bonds. The molecule has 1 aromatic rings. The van der Waals surface area contributed by atoms with Crippen LogP contribution in [0, 0.1) is 12.8 Å². The molecular formula is C13H19NO3. The number of aliphatic carboxylic acids is 1. The summed E-state index contributed by atoms with van der Waals surface area (Å²) < 4.78 is 5.63. The third kappa shape index (κ3) is 2.36. The maximum atomic E-state index is 11.3. The first-order valence-electron chi connectivity index (χ1n) is 6.16. The van der Waals surface area contributed by atoms with Gasteiger partial charge in [-0.2, -0.15) is 0 Å². The third-order valence-corrected chi connectivity index (χ3v) is 3.51. The van der Waals surface area contributed by atoms with Gasteiger partial charge in [-0.1, -0.05) is 6.92 Å². The maximum absolute atomic E-state index is 11.3. The Bertz CT molecular complexity index is 399. The molecule has 2 rings (SSSR count). The Hall–Kier alpha value is -1.29. The van der Waals surface area contributed by atoms with Gasteiger partial charge in [0, 0.05) is 0 Å². The maximum Gasteiger partial charge on any atom is 0.308 e. The molecule has 0 radical (unpaired) electrons. The van der Waals surface area contributed by atoms with E-state index in [-0.39, 0.29) is 12.0 Å². The lowest BCUT2D eigenvalue weighted by atomic mass is 9.87. The predicted molar refractivity (Wildman–Crippen MR) is 63.8 cm³/mol. The Morgan fingerprint density at radius 2 is 2.35 bits per heavy atom. The second-order valence-electron chi connectivity index (χ2n) is 4.61. The van der Waals surface area contributed by atoms with Crippen molar-refractivity contribution in [2.75, 3.05) is 13.1 Å². The van der Waals surface area contributed by atoms with E-state index in [9.17, 15) is 9.90 Å². The van der Waals surface area contributed by atoms with Gasteiger partial charge in [-0.15, -0.1) is 0 Å². The summed E-state index contributed by atoms with van der Waals surface area (Å²) in [7, 11) is 0. The van der Waals surface area contributed by atoms with Gasteiger partial charge in [-0.3, -0.25) is 9.69 Å². The predicted octanol–water partition coefficient (Wildman–Crippen LogP) is 2.45. The van der Waals surface area contributed by atoms with Gasteiger partial charge in [-0.05, 0) is 45.0 Å². The van der Waals surface area contributed by atoms with E-state index >= 15 is 0 Å². The van der Waals surface area contributed by atoms with E-state index in [0.29, 0.717) is 0 Å². The Kier molecular flexibility index (Phi) is 3.52. The highest BCUT2D eigenvalue weighted by atomic mass is 16.4. The van der Waals surface area contributed by atoms with Gasteiger partial charge in [0.1, 0.15) is 11.5 Å². The van der Waals surface area contributed by atoms with E-state index in [4.69, 9.17) is 4.42 Å². The number of aryl methyl sites for hydroxylation is 1. The molecule has 4 nitrogen and oxygen atoms in total. The summed E-state index contributed by atoms with van der Waals surface area (Å²) in [5, 5.41) is 9.32. The van der Waals surface area contributed by atoms with E-state index < -0.39 is 5.97 Å². The second kappa shape index (κ2) is 4.92. The minimum absolute atomic E-state index is 0.111. The molecular weight excluding hydrogens is 218 g/mol. The molecule has 1 fully saturated rings. The lowest BCUT2D eigenvalue weighted by molar-refractivity contribution is -0.146. The first-order valence-corrected chi connectivity index (χ1v) is 6.16. The highest BCUT2D eigenvalue weighted by Gasteiger charge is 2.38. The number of carboxylic acid groups (broad SMARTS) is 1. The minimum Gasteiger partial charge on any atom is -0.481 e. The van der Waals surface area contributed by atoms with Gasteiger partial charge in [0.25, 0.3) is 0 Å². The average Bonchev–Trinajstić information content (AvgIpc) is 2.74. The fourth-order valence-electron chi connectivity index (χ4n) is 2.67. The van der Waals surface area contributed by atoms with Gasteiger partial charge in [0.15, 0.2) is 0 Å². The summed E-state index contributed by atoms with van der Waals surface area (Å²) >= 11 is 0. The Morgan fingerprint density at radius 1 is 1.59 bits per heavy atom. The number of carbonyl (C=O) groups is 1. The molecule has 0 saturated carbocycles. The van der Waals surface area contributed by atoms with Crippen LogP contribution >= 0.6 is 0 Å². The molecule has 0 bridgehead atoms. The monoisotopic (exact) mass is 237 g/mol. The quantitative estimate of drug-likeness (QED) is 0.877. The molecule has 1 aliphatic heterocycles. The van der Waals surface area contributed by atoms with Crippen LogP contribution in [0.15, 0.2) is 16.5 Å². The van der Waals surface area contributed by atoms with Gasteiger partial charge >= 0.3 is 5.97 Å². The van der Waals surface area contributed by atoms with Crippen molar-refractivity contribution in [1.29, 1.82) is 0 Å². The lowest BCUT2D eigenvalue weighted by Gasteiger charge is -2.37. The standard InChI is InChI=1S/C13H19NO3/c1-3-14-8-4-5-10(13(15)16)12(14)11-7-6-9(2)17-11/h6-7,10,12H,3-5,8H2,1-2H3,(H,15,16)/t10-,12-/m0/s1. The number of likely N-dealkylation sites (tertiary alicyclic amines) is 1. The van der Waals surface area contributed by atoms with Crippen molar-refractivity contribution in [3.05, 3.63) is 23.7 Å². The fourth-order valence-corrected chi connectivity index (χ4v) is 2.67. The van der Waals surface area contributed by atoms with Gasteiger partial charge in [-0.25, -0.2) is 0 Å². The number of hydrogen-bond acceptors (Lipinski definition) is 3. The summed E-state index contributed by atoms with van der Waals surface area (Å²) in [6.45, 7) is 5.75. The lowest BCUT2D eigenvalue weighted by Crippen LogP contribution is -2.41. The normalized spacial score (nSPS) is 26.0. The number of nitrogens with zero attached hydrogens (tertiary/aromatic N) is 1. The van der Waals surface area contributed by atoms with Crippen LogP contribution in [0.1, 0.15) is 37.3 Å². The van der Waals surface area contributed by atoms with E-state index in [1.807, 2.05) is 19.1 Å². The highest BCUT2D eigenvalue weighted by Crippen LogP contribution is 2.36. The minimum atomic E-state index is -0.720. The Balaban J connectivity index is 2.31. The van der Waals surface area contributed by atoms with Crippen LogP contribution in [-0.4, -0.2) is 29.1 Å². The molecule has 0 aromatic carbocycles. The van der Waals surface area contributed by atoms with E-state index in [2.05, 4.69) is 11.8 Å². The van der Waals surface area contributed by atoms with E-state index in [1.165, 1.54) is 0 Å². The van der Waals surface area contributed by atoms with Crippen LogP contribution in [0.2, 0.25) is 0 Å².